The van der Waals surface area contributed by atoms with Crippen LogP contribution in [0.15, 0.2) is 42.5 Å². The zero-order valence-electron chi connectivity index (χ0n) is 9.88. The third kappa shape index (κ3) is 2.57. The van der Waals surface area contributed by atoms with Crippen LogP contribution in [0.1, 0.15) is 10.4 Å². The lowest BCUT2D eigenvalue weighted by Gasteiger charge is -2.08. The van der Waals surface area contributed by atoms with E-state index in [9.17, 15) is 4.79 Å². The maximum atomic E-state index is 11.9. The van der Waals surface area contributed by atoms with Crippen LogP contribution in [0.2, 0.25) is 0 Å². The van der Waals surface area contributed by atoms with Crippen molar-refractivity contribution in [2.75, 3.05) is 18.2 Å². The van der Waals surface area contributed by atoms with Crippen molar-refractivity contribution in [3.8, 4) is 5.88 Å². The quantitative estimate of drug-likeness (QED) is 0.863. The molecule has 0 aliphatic carbocycles. The summed E-state index contributed by atoms with van der Waals surface area (Å²) < 4.78 is 4.94. The minimum atomic E-state index is -0.228. The van der Waals surface area contributed by atoms with Crippen molar-refractivity contribution in [2.24, 2.45) is 0 Å². The lowest BCUT2D eigenvalue weighted by Crippen LogP contribution is -2.13. The van der Waals surface area contributed by atoms with E-state index in [-0.39, 0.29) is 11.7 Å². The molecule has 0 bridgehead atoms. The predicted molar refractivity (Wildman–Crippen MR) is 69.6 cm³/mol. The molecule has 0 unspecified atom stereocenters. The average Bonchev–Trinajstić information content (AvgIpc) is 2.42. The fraction of sp³-hybridized carbons (Fsp3) is 0.0769. The number of benzene rings is 1. The molecular weight excluding hydrogens is 230 g/mol. The Kier molecular flexibility index (Phi) is 3.43. The van der Waals surface area contributed by atoms with Gasteiger partial charge in [-0.3, -0.25) is 4.79 Å². The fourth-order valence-corrected chi connectivity index (χ4v) is 1.46. The fourth-order valence-electron chi connectivity index (χ4n) is 1.46. The van der Waals surface area contributed by atoms with Crippen molar-refractivity contribution in [3.63, 3.8) is 0 Å². The topological polar surface area (TPSA) is 77.2 Å². The summed E-state index contributed by atoms with van der Waals surface area (Å²) in [6, 6.07) is 12.2. The molecule has 5 nitrogen and oxygen atoms in total. The Morgan fingerprint density at radius 3 is 2.56 bits per heavy atom. The first-order chi connectivity index (χ1) is 8.70. The van der Waals surface area contributed by atoms with Crippen LogP contribution in [0, 0.1) is 0 Å². The number of nitrogens with zero attached hydrogens (tertiary/aromatic N) is 1. The molecule has 0 saturated heterocycles. The molecule has 92 valence electrons. The second-order valence-electron chi connectivity index (χ2n) is 3.61. The smallest absolute Gasteiger partial charge is 0.255 e. The highest BCUT2D eigenvalue weighted by Crippen LogP contribution is 2.20. The molecular formula is C13H13N3O2. The van der Waals surface area contributed by atoms with Gasteiger partial charge in [0.15, 0.2) is 5.82 Å². The van der Waals surface area contributed by atoms with Gasteiger partial charge in [0.05, 0.1) is 12.8 Å². The number of anilines is 2. The van der Waals surface area contributed by atoms with Gasteiger partial charge in [0.2, 0.25) is 5.88 Å². The van der Waals surface area contributed by atoms with Crippen molar-refractivity contribution < 1.29 is 9.53 Å². The number of hydrogen-bond acceptors (Lipinski definition) is 4. The third-order valence-corrected chi connectivity index (χ3v) is 2.39. The highest BCUT2D eigenvalue weighted by Gasteiger charge is 2.08. The van der Waals surface area contributed by atoms with Gasteiger partial charge < -0.3 is 15.8 Å². The highest BCUT2D eigenvalue weighted by atomic mass is 16.5. The van der Waals surface area contributed by atoms with Crippen LogP contribution in [0.25, 0.3) is 0 Å². The highest BCUT2D eigenvalue weighted by molar-refractivity contribution is 6.05. The Balaban J connectivity index is 2.17. The van der Waals surface area contributed by atoms with Crippen LogP contribution in [-0.4, -0.2) is 18.0 Å². The van der Waals surface area contributed by atoms with E-state index in [0.717, 1.165) is 0 Å². The number of ether oxygens (including phenoxy) is 1. The number of methoxy groups -OCH3 is 1. The predicted octanol–water partition coefficient (Wildman–Crippen LogP) is 1.92. The second kappa shape index (κ2) is 5.18. The number of hydrogen-bond donors (Lipinski definition) is 2. The van der Waals surface area contributed by atoms with Gasteiger partial charge in [0.25, 0.3) is 5.91 Å². The summed E-state index contributed by atoms with van der Waals surface area (Å²) >= 11 is 0. The molecule has 0 aliphatic heterocycles. The summed E-state index contributed by atoms with van der Waals surface area (Å²) in [7, 11) is 1.50. The minimum Gasteiger partial charge on any atom is -0.481 e. The van der Waals surface area contributed by atoms with E-state index in [4.69, 9.17) is 10.5 Å². The van der Waals surface area contributed by atoms with E-state index in [0.29, 0.717) is 17.1 Å². The molecule has 0 radical (unpaired) electrons. The van der Waals surface area contributed by atoms with E-state index in [2.05, 4.69) is 10.3 Å². The Hall–Kier alpha value is -2.56. The van der Waals surface area contributed by atoms with E-state index in [1.165, 1.54) is 7.11 Å². The van der Waals surface area contributed by atoms with Crippen molar-refractivity contribution >= 4 is 17.4 Å². The number of carbonyl (C=O) groups is 1. The Bertz CT molecular complexity index is 555. The number of aromatic nitrogens is 1. The van der Waals surface area contributed by atoms with Gasteiger partial charge >= 0.3 is 0 Å². The first kappa shape index (κ1) is 11.9. The van der Waals surface area contributed by atoms with Crippen molar-refractivity contribution in [1.29, 1.82) is 0 Å². The summed E-state index contributed by atoms with van der Waals surface area (Å²) in [5, 5.41) is 2.70. The van der Waals surface area contributed by atoms with Gasteiger partial charge in [0, 0.05) is 11.6 Å². The average molecular weight is 243 g/mol. The van der Waals surface area contributed by atoms with Gasteiger partial charge in [-0.15, -0.1) is 0 Å². The number of amides is 1. The zero-order valence-corrected chi connectivity index (χ0v) is 9.88. The molecule has 2 aromatic rings. The normalized spacial score (nSPS) is 9.83. The molecule has 0 fully saturated rings. The summed E-state index contributed by atoms with van der Waals surface area (Å²) in [5.74, 6) is 0.401. The molecule has 2 rings (SSSR count). The molecule has 5 heteroatoms. The molecule has 18 heavy (non-hydrogen) atoms. The molecule has 0 atom stereocenters. The summed E-state index contributed by atoms with van der Waals surface area (Å²) in [6.07, 6.45) is 0. The Morgan fingerprint density at radius 2 is 1.94 bits per heavy atom. The van der Waals surface area contributed by atoms with Crippen molar-refractivity contribution in [1.82, 2.24) is 4.98 Å². The minimum absolute atomic E-state index is 0.221. The van der Waals surface area contributed by atoms with E-state index in [1.54, 1.807) is 36.4 Å². The molecule has 1 aromatic heterocycles. The first-order valence-corrected chi connectivity index (χ1v) is 5.37. The van der Waals surface area contributed by atoms with Crippen LogP contribution >= 0.6 is 0 Å². The van der Waals surface area contributed by atoms with Gasteiger partial charge in [0.1, 0.15) is 0 Å². The Labute approximate surface area is 105 Å². The molecule has 0 saturated carbocycles. The number of pyridine rings is 1. The number of nitrogens with two attached hydrogens (primary N) is 1. The number of rotatable bonds is 3. The Morgan fingerprint density at radius 1 is 1.22 bits per heavy atom. The zero-order chi connectivity index (χ0) is 13.0. The molecule has 3 N–H and O–H groups in total. The third-order valence-electron chi connectivity index (χ3n) is 2.39. The van der Waals surface area contributed by atoms with Gasteiger partial charge in [-0.25, -0.2) is 0 Å². The maximum Gasteiger partial charge on any atom is 0.255 e. The summed E-state index contributed by atoms with van der Waals surface area (Å²) in [4.78, 5) is 15.9. The second-order valence-corrected chi connectivity index (χ2v) is 3.61. The number of nitrogen functional groups attached to an aromatic ring is 1. The van der Waals surface area contributed by atoms with Gasteiger partial charge in [-0.05, 0) is 18.2 Å². The first-order valence-electron chi connectivity index (χ1n) is 5.37. The number of nitrogens with one attached hydrogen (secondary N) is 1. The molecule has 1 amide bonds. The van der Waals surface area contributed by atoms with Crippen molar-refractivity contribution in [3.05, 3.63) is 48.0 Å². The molecule has 1 aromatic carbocycles. The van der Waals surface area contributed by atoms with Crippen LogP contribution in [0.5, 0.6) is 5.88 Å². The van der Waals surface area contributed by atoms with Crippen LogP contribution in [0.3, 0.4) is 0 Å². The number of carbonyl (C=O) groups excluding carboxylic acids is 1. The lowest BCUT2D eigenvalue weighted by molar-refractivity contribution is 0.102. The lowest BCUT2D eigenvalue weighted by atomic mass is 10.2. The molecule has 0 spiro atoms. The van der Waals surface area contributed by atoms with Gasteiger partial charge in [-0.2, -0.15) is 4.98 Å². The van der Waals surface area contributed by atoms with E-state index >= 15 is 0 Å². The van der Waals surface area contributed by atoms with Gasteiger partial charge in [-0.1, -0.05) is 18.2 Å². The monoisotopic (exact) mass is 243 g/mol. The SMILES string of the molecule is COc1ccc(NC(=O)c2ccccc2)c(N)n1. The summed E-state index contributed by atoms with van der Waals surface area (Å²) in [5.41, 5.74) is 6.74. The van der Waals surface area contributed by atoms with Crippen LogP contribution in [-0.2, 0) is 0 Å². The molecule has 1 heterocycles. The van der Waals surface area contributed by atoms with Crippen molar-refractivity contribution in [2.45, 2.75) is 0 Å². The largest absolute Gasteiger partial charge is 0.481 e. The standard InChI is InChI=1S/C13H13N3O2/c1-18-11-8-7-10(12(14)16-11)15-13(17)9-5-3-2-4-6-9/h2-8H,1H3,(H2,14,16)(H,15,17). The maximum absolute atomic E-state index is 11.9. The van der Waals surface area contributed by atoms with E-state index < -0.39 is 0 Å². The van der Waals surface area contributed by atoms with Crippen LogP contribution < -0.4 is 15.8 Å². The summed E-state index contributed by atoms with van der Waals surface area (Å²) in [6.45, 7) is 0. The van der Waals surface area contributed by atoms with E-state index in [1.807, 2.05) is 6.07 Å². The van der Waals surface area contributed by atoms with Crippen LogP contribution in [0.4, 0.5) is 11.5 Å². The molecule has 0 aliphatic rings.